The minimum Gasteiger partial charge on any atom is -0.418 e. The molecule has 3 nitrogen and oxygen atoms in total. The lowest BCUT2D eigenvalue weighted by atomic mass is 10.3. The van der Waals surface area contributed by atoms with Gasteiger partial charge < -0.3 is 34.5 Å². The molecular weight excluding hydrogens is 312 g/mol. The lowest BCUT2D eigenvalue weighted by molar-refractivity contribution is -0.671. The Labute approximate surface area is 118 Å². The second kappa shape index (κ2) is 13.3. The van der Waals surface area contributed by atoms with Crippen LogP contribution < -0.4 is 4.57 Å². The molecule has 0 amide bonds. The van der Waals surface area contributed by atoms with E-state index < -0.39 is 14.5 Å². The first-order valence-electron chi connectivity index (χ1n) is 4.84. The third-order valence-corrected chi connectivity index (χ3v) is 1.19. The van der Waals surface area contributed by atoms with E-state index in [2.05, 4.69) is 30.6 Å². The molecule has 1 heterocycles. The van der Waals surface area contributed by atoms with Crippen LogP contribution in [-0.2, 0) is 13.6 Å². The number of nitrogens with zero attached hydrogens (tertiary/aromatic N) is 3. The molecule has 0 aliphatic carbocycles. The number of nitriles is 1. The van der Waals surface area contributed by atoms with Crippen LogP contribution in [0.1, 0.15) is 14.4 Å². The van der Waals surface area contributed by atoms with Gasteiger partial charge in [-0.3, -0.25) is 0 Å². The summed E-state index contributed by atoms with van der Waals surface area (Å²) in [4.78, 5) is 0. The number of hydrogen-bond acceptors (Lipinski definition) is 1. The van der Waals surface area contributed by atoms with Crippen LogP contribution in [0.15, 0.2) is 18.7 Å². The molecule has 0 radical (unpaired) electrons. The van der Waals surface area contributed by atoms with Crippen molar-refractivity contribution in [3.8, 4) is 6.57 Å². The molecule has 0 aromatic carbocycles. The summed E-state index contributed by atoms with van der Waals surface area (Å²) in [5.74, 6) is 0. The molecule has 0 saturated heterocycles. The molecule has 0 saturated carbocycles. The molecule has 1 aromatic heterocycles. The minimum atomic E-state index is -6.00. The zero-order valence-corrected chi connectivity index (χ0v) is 10.5. The van der Waals surface area contributed by atoms with Gasteiger partial charge in [-0.25, -0.2) is 14.4 Å². The molecule has 1 rings (SSSR count). The second-order valence-corrected chi connectivity index (χ2v) is 2.90. The van der Waals surface area contributed by atoms with Crippen LogP contribution in [-0.4, -0.2) is 19.1 Å². The highest BCUT2D eigenvalue weighted by molar-refractivity contribution is 6.50. The van der Waals surface area contributed by atoms with Crippen LogP contribution >= 0.6 is 0 Å². The van der Waals surface area contributed by atoms with Gasteiger partial charge in [0.25, 0.3) is 0 Å². The van der Waals surface area contributed by atoms with Gasteiger partial charge >= 0.3 is 14.5 Å². The SMILES string of the molecule is C.C#N.CCn1cc[n+](C)c1.F[B-](F)(F)F.F[B-](F)(F)F. The molecule has 21 heavy (non-hydrogen) atoms. The fourth-order valence-corrected chi connectivity index (χ4v) is 0.689. The van der Waals surface area contributed by atoms with Crippen LogP contribution in [0.3, 0.4) is 0 Å². The third-order valence-electron chi connectivity index (χ3n) is 1.19. The summed E-state index contributed by atoms with van der Waals surface area (Å²) in [5, 5.41) is 6.50. The number of aromatic nitrogens is 2. The number of imidazole rings is 1. The number of rotatable bonds is 1. The largest absolute Gasteiger partial charge is 0.673 e. The van der Waals surface area contributed by atoms with Gasteiger partial charge in [0.15, 0.2) is 0 Å². The zero-order valence-electron chi connectivity index (χ0n) is 10.5. The van der Waals surface area contributed by atoms with Crippen molar-refractivity contribution < 1.29 is 39.1 Å². The first kappa shape index (κ1) is 27.6. The van der Waals surface area contributed by atoms with Crippen molar-refractivity contribution in [2.75, 3.05) is 0 Å². The van der Waals surface area contributed by atoms with Gasteiger partial charge in [0.2, 0.25) is 6.33 Å². The molecule has 0 N–H and O–H groups in total. The summed E-state index contributed by atoms with van der Waals surface area (Å²) in [6, 6.07) is 0. The van der Waals surface area contributed by atoms with E-state index in [1.165, 1.54) is 0 Å². The highest BCUT2D eigenvalue weighted by Crippen LogP contribution is 2.07. The molecule has 126 valence electrons. The Bertz CT molecular complexity index is 336. The first-order valence-corrected chi connectivity index (χ1v) is 4.84. The van der Waals surface area contributed by atoms with E-state index >= 15 is 0 Å². The van der Waals surface area contributed by atoms with E-state index in [0.717, 1.165) is 6.54 Å². The normalized spacial score (nSPS) is 9.52. The maximum Gasteiger partial charge on any atom is 0.673 e. The van der Waals surface area contributed by atoms with Crippen molar-refractivity contribution in [1.29, 1.82) is 5.26 Å². The van der Waals surface area contributed by atoms with Crippen molar-refractivity contribution in [1.82, 2.24) is 4.57 Å². The predicted octanol–water partition coefficient (Wildman–Crippen LogP) is 3.71. The molecule has 1 aromatic rings. The Hall–Kier alpha value is -1.73. The summed E-state index contributed by atoms with van der Waals surface area (Å²) in [6.07, 6.45) is 6.14. The van der Waals surface area contributed by atoms with Crippen molar-refractivity contribution in [2.45, 2.75) is 20.9 Å². The monoisotopic (exact) mass is 328 g/mol. The Morgan fingerprint density at radius 2 is 1.29 bits per heavy atom. The van der Waals surface area contributed by atoms with Crippen molar-refractivity contribution in [3.63, 3.8) is 0 Å². The van der Waals surface area contributed by atoms with Crippen molar-refractivity contribution in [3.05, 3.63) is 18.7 Å². The van der Waals surface area contributed by atoms with Gasteiger partial charge in [-0.05, 0) is 6.92 Å². The van der Waals surface area contributed by atoms with Crippen LogP contribution in [0.25, 0.3) is 0 Å². The zero-order chi connectivity index (χ0) is 17.0. The molecule has 0 bridgehead atoms. The maximum atomic E-state index is 9.75. The molecular formula is C8H16B2F8N3-. The molecule has 13 heteroatoms. The average molecular weight is 328 g/mol. The van der Waals surface area contributed by atoms with Crippen LogP contribution in [0.4, 0.5) is 34.5 Å². The summed E-state index contributed by atoms with van der Waals surface area (Å²) in [7, 11) is -9.98. The van der Waals surface area contributed by atoms with Gasteiger partial charge in [-0.2, -0.15) is 0 Å². The standard InChI is InChI=1S/C6H11N2.CHN.CH4.2BF4/c1-3-8-5-4-7(2)6-8;1-2;;2*2-1(3,4)5/h4-6H,3H2,1-2H3;1H;1H4;;/q+1;;;2*-1. The summed E-state index contributed by atoms with van der Waals surface area (Å²) in [5.41, 5.74) is 0. The highest BCUT2D eigenvalue weighted by Gasteiger charge is 2.21. The van der Waals surface area contributed by atoms with Crippen molar-refractivity contribution >= 4 is 14.5 Å². The van der Waals surface area contributed by atoms with E-state index in [1.807, 2.05) is 17.8 Å². The van der Waals surface area contributed by atoms with Gasteiger partial charge in [0.05, 0.1) is 13.6 Å². The second-order valence-electron chi connectivity index (χ2n) is 2.90. The van der Waals surface area contributed by atoms with Crippen LogP contribution in [0, 0.1) is 11.8 Å². The Balaban J connectivity index is -0.0000000993. The third kappa shape index (κ3) is 56.3. The van der Waals surface area contributed by atoms with Crippen LogP contribution in [0.5, 0.6) is 0 Å². The molecule has 0 spiro atoms. The number of hydrogen-bond donors (Lipinski definition) is 0. The summed E-state index contributed by atoms with van der Waals surface area (Å²) in [6.45, 7) is 6.68. The van der Waals surface area contributed by atoms with E-state index in [9.17, 15) is 34.5 Å². The number of halogens is 8. The Kier molecular flexibility index (Phi) is 17.4. The van der Waals surface area contributed by atoms with Crippen molar-refractivity contribution in [2.24, 2.45) is 7.05 Å². The van der Waals surface area contributed by atoms with E-state index in [4.69, 9.17) is 5.26 Å². The maximum absolute atomic E-state index is 9.75. The topological polar surface area (TPSA) is 32.6 Å². The van der Waals surface area contributed by atoms with Gasteiger partial charge in [-0.15, -0.1) is 0 Å². The molecule has 0 aliphatic rings. The van der Waals surface area contributed by atoms with E-state index in [1.54, 1.807) is 0 Å². The minimum absolute atomic E-state index is 0. The lowest BCUT2D eigenvalue weighted by Crippen LogP contribution is -2.23. The first-order chi connectivity index (χ1) is 8.83. The summed E-state index contributed by atoms with van der Waals surface area (Å²) >= 11 is 0. The Morgan fingerprint density at radius 3 is 1.38 bits per heavy atom. The fourth-order valence-electron chi connectivity index (χ4n) is 0.689. The van der Waals surface area contributed by atoms with E-state index in [-0.39, 0.29) is 7.43 Å². The smallest absolute Gasteiger partial charge is 0.418 e. The number of aryl methyl sites for hydroxylation is 2. The fraction of sp³-hybridized carbons (Fsp3) is 0.500. The quantitative estimate of drug-likeness (QED) is 0.439. The van der Waals surface area contributed by atoms with Gasteiger partial charge in [0.1, 0.15) is 12.4 Å². The van der Waals surface area contributed by atoms with E-state index in [0.29, 0.717) is 0 Å². The predicted molar refractivity (Wildman–Crippen MR) is 65.1 cm³/mol. The highest BCUT2D eigenvalue weighted by atomic mass is 19.5. The lowest BCUT2D eigenvalue weighted by Gasteiger charge is -1.94. The molecule has 0 unspecified atom stereocenters. The van der Waals surface area contributed by atoms with Gasteiger partial charge in [-0.1, -0.05) is 7.43 Å². The van der Waals surface area contributed by atoms with Crippen LogP contribution in [0.2, 0.25) is 0 Å². The van der Waals surface area contributed by atoms with Gasteiger partial charge in [0, 0.05) is 6.57 Å². The molecule has 0 atom stereocenters. The Morgan fingerprint density at radius 1 is 1.00 bits per heavy atom. The summed E-state index contributed by atoms with van der Waals surface area (Å²) < 4.78 is 82.2. The molecule has 0 fully saturated rings. The molecule has 0 aliphatic heterocycles. The average Bonchev–Trinajstić information content (AvgIpc) is 2.62.